The maximum atomic E-state index is 12.5. The quantitative estimate of drug-likeness (QED) is 0.897. The van der Waals surface area contributed by atoms with Gasteiger partial charge in [-0.05, 0) is 35.9 Å². The number of nitrogen functional groups attached to an aromatic ring is 1. The molecule has 0 radical (unpaired) electrons. The summed E-state index contributed by atoms with van der Waals surface area (Å²) in [5, 5.41) is 2.92. The maximum Gasteiger partial charge on any atom is 0.416 e. The number of alkyl halides is 3. The van der Waals surface area contributed by atoms with E-state index >= 15 is 0 Å². The Morgan fingerprint density at radius 1 is 1.16 bits per heavy atom. The molecule has 0 aliphatic heterocycles. The van der Waals surface area contributed by atoms with Gasteiger partial charge < -0.3 is 11.1 Å². The molecule has 1 aromatic heterocycles. The van der Waals surface area contributed by atoms with Crippen LogP contribution >= 0.6 is 0 Å². The van der Waals surface area contributed by atoms with Gasteiger partial charge in [-0.3, -0.25) is 0 Å². The number of nitrogens with zero attached hydrogens (tertiary/aromatic N) is 1. The Labute approximate surface area is 108 Å². The molecule has 2 rings (SSSR count). The van der Waals surface area contributed by atoms with E-state index in [1.807, 2.05) is 0 Å². The predicted octanol–water partition coefficient (Wildman–Crippen LogP) is 3.29. The van der Waals surface area contributed by atoms with Crippen molar-refractivity contribution >= 4 is 11.5 Å². The molecule has 6 heteroatoms. The Balaban J connectivity index is 2.08. The first kappa shape index (κ1) is 13.2. The van der Waals surface area contributed by atoms with Crippen LogP contribution in [0.5, 0.6) is 0 Å². The van der Waals surface area contributed by atoms with E-state index in [4.69, 9.17) is 5.73 Å². The van der Waals surface area contributed by atoms with Crippen LogP contribution in [0.15, 0.2) is 42.6 Å². The molecule has 0 fully saturated rings. The second kappa shape index (κ2) is 5.17. The van der Waals surface area contributed by atoms with Gasteiger partial charge in [0.1, 0.15) is 5.82 Å². The second-order valence-corrected chi connectivity index (χ2v) is 4.02. The van der Waals surface area contributed by atoms with Gasteiger partial charge in [0.15, 0.2) is 0 Å². The van der Waals surface area contributed by atoms with E-state index in [1.54, 1.807) is 24.4 Å². The zero-order valence-electron chi connectivity index (χ0n) is 9.91. The standard InChI is InChI=1S/C13H12F3N3/c14-13(15,16)10-2-1-3-11(7-10)19-8-9-4-5-18-12(17)6-9/h1-7,19H,8H2,(H2,17,18). The van der Waals surface area contributed by atoms with Crippen molar-refractivity contribution in [3.05, 3.63) is 53.7 Å². The molecule has 0 aliphatic rings. The lowest BCUT2D eigenvalue weighted by atomic mass is 10.2. The van der Waals surface area contributed by atoms with E-state index in [9.17, 15) is 13.2 Å². The molecule has 0 saturated heterocycles. The van der Waals surface area contributed by atoms with Crippen LogP contribution in [0.2, 0.25) is 0 Å². The van der Waals surface area contributed by atoms with Gasteiger partial charge in [-0.25, -0.2) is 4.98 Å². The molecule has 0 spiro atoms. The molecule has 0 bridgehead atoms. The van der Waals surface area contributed by atoms with Gasteiger partial charge in [0.05, 0.1) is 5.56 Å². The van der Waals surface area contributed by atoms with Crippen molar-refractivity contribution < 1.29 is 13.2 Å². The topological polar surface area (TPSA) is 50.9 Å². The zero-order chi connectivity index (χ0) is 13.9. The fourth-order valence-electron chi connectivity index (χ4n) is 1.61. The first-order valence-corrected chi connectivity index (χ1v) is 5.57. The number of hydrogen-bond donors (Lipinski definition) is 2. The molecule has 2 aromatic rings. The van der Waals surface area contributed by atoms with Crippen LogP contribution in [0.25, 0.3) is 0 Å². The van der Waals surface area contributed by atoms with Crippen molar-refractivity contribution in [1.29, 1.82) is 0 Å². The van der Waals surface area contributed by atoms with E-state index in [1.165, 1.54) is 6.07 Å². The minimum atomic E-state index is -4.33. The molecule has 19 heavy (non-hydrogen) atoms. The third-order valence-electron chi connectivity index (χ3n) is 2.53. The van der Waals surface area contributed by atoms with Crippen molar-refractivity contribution in [2.24, 2.45) is 0 Å². The SMILES string of the molecule is Nc1cc(CNc2cccc(C(F)(F)F)c2)ccn1. The summed E-state index contributed by atoms with van der Waals surface area (Å²) in [7, 11) is 0. The summed E-state index contributed by atoms with van der Waals surface area (Å²) >= 11 is 0. The summed E-state index contributed by atoms with van der Waals surface area (Å²) < 4.78 is 37.6. The fourth-order valence-corrected chi connectivity index (χ4v) is 1.61. The van der Waals surface area contributed by atoms with E-state index in [2.05, 4.69) is 10.3 Å². The first-order valence-electron chi connectivity index (χ1n) is 5.57. The monoisotopic (exact) mass is 267 g/mol. The van der Waals surface area contributed by atoms with Gasteiger partial charge in [0.2, 0.25) is 0 Å². The molecule has 0 unspecified atom stereocenters. The third kappa shape index (κ3) is 3.61. The maximum absolute atomic E-state index is 12.5. The molecular formula is C13H12F3N3. The van der Waals surface area contributed by atoms with Gasteiger partial charge >= 0.3 is 6.18 Å². The summed E-state index contributed by atoms with van der Waals surface area (Å²) in [6, 6.07) is 8.48. The highest BCUT2D eigenvalue weighted by molar-refractivity contribution is 5.47. The van der Waals surface area contributed by atoms with Crippen molar-refractivity contribution in [2.45, 2.75) is 12.7 Å². The Morgan fingerprint density at radius 3 is 2.63 bits per heavy atom. The Morgan fingerprint density at radius 2 is 1.95 bits per heavy atom. The van der Waals surface area contributed by atoms with E-state index in [0.717, 1.165) is 17.7 Å². The second-order valence-electron chi connectivity index (χ2n) is 4.02. The van der Waals surface area contributed by atoms with Gasteiger partial charge in [0, 0.05) is 18.4 Å². The number of halogens is 3. The van der Waals surface area contributed by atoms with Crippen LogP contribution in [-0.4, -0.2) is 4.98 Å². The number of anilines is 2. The van der Waals surface area contributed by atoms with Crippen LogP contribution < -0.4 is 11.1 Å². The van der Waals surface area contributed by atoms with Crippen molar-refractivity contribution in [3.63, 3.8) is 0 Å². The van der Waals surface area contributed by atoms with Gasteiger partial charge in [-0.1, -0.05) is 6.07 Å². The molecule has 100 valence electrons. The molecule has 1 aromatic carbocycles. The molecule has 0 amide bonds. The minimum Gasteiger partial charge on any atom is -0.384 e. The van der Waals surface area contributed by atoms with Crippen molar-refractivity contribution in [2.75, 3.05) is 11.1 Å². The molecular weight excluding hydrogens is 255 g/mol. The number of rotatable bonds is 3. The Bertz CT molecular complexity index is 567. The summed E-state index contributed by atoms with van der Waals surface area (Å²) in [4.78, 5) is 3.84. The van der Waals surface area contributed by atoms with Gasteiger partial charge in [-0.15, -0.1) is 0 Å². The number of benzene rings is 1. The van der Waals surface area contributed by atoms with Crippen LogP contribution in [0.1, 0.15) is 11.1 Å². The average Bonchev–Trinajstić information content (AvgIpc) is 2.36. The highest BCUT2D eigenvalue weighted by Crippen LogP contribution is 2.30. The third-order valence-corrected chi connectivity index (χ3v) is 2.53. The summed E-state index contributed by atoms with van der Waals surface area (Å²) in [6.45, 7) is 0.383. The van der Waals surface area contributed by atoms with Crippen LogP contribution in [-0.2, 0) is 12.7 Å². The van der Waals surface area contributed by atoms with Crippen LogP contribution in [0.4, 0.5) is 24.7 Å². The van der Waals surface area contributed by atoms with Crippen molar-refractivity contribution in [1.82, 2.24) is 4.98 Å². The highest BCUT2D eigenvalue weighted by Gasteiger charge is 2.30. The number of aromatic nitrogens is 1. The molecule has 0 aliphatic carbocycles. The Kier molecular flexibility index (Phi) is 3.59. The zero-order valence-corrected chi connectivity index (χ0v) is 9.91. The number of pyridine rings is 1. The molecule has 3 N–H and O–H groups in total. The average molecular weight is 267 g/mol. The van der Waals surface area contributed by atoms with E-state index < -0.39 is 11.7 Å². The fraction of sp³-hybridized carbons (Fsp3) is 0.154. The van der Waals surface area contributed by atoms with E-state index in [0.29, 0.717) is 18.1 Å². The minimum absolute atomic E-state index is 0.378. The number of hydrogen-bond acceptors (Lipinski definition) is 3. The number of nitrogens with two attached hydrogens (primary N) is 1. The van der Waals surface area contributed by atoms with Gasteiger partial charge in [-0.2, -0.15) is 13.2 Å². The smallest absolute Gasteiger partial charge is 0.384 e. The van der Waals surface area contributed by atoms with E-state index in [-0.39, 0.29) is 0 Å². The Hall–Kier alpha value is -2.24. The van der Waals surface area contributed by atoms with Gasteiger partial charge in [0.25, 0.3) is 0 Å². The normalized spacial score (nSPS) is 11.3. The van der Waals surface area contributed by atoms with Crippen LogP contribution in [0, 0.1) is 0 Å². The van der Waals surface area contributed by atoms with Crippen LogP contribution in [0.3, 0.4) is 0 Å². The first-order chi connectivity index (χ1) is 8.95. The summed E-state index contributed by atoms with van der Waals surface area (Å²) in [5.74, 6) is 0.378. The lowest BCUT2D eigenvalue weighted by molar-refractivity contribution is -0.137. The summed E-state index contributed by atoms with van der Waals surface area (Å²) in [5.41, 5.74) is 6.11. The lowest BCUT2D eigenvalue weighted by Gasteiger charge is -2.10. The largest absolute Gasteiger partial charge is 0.416 e. The lowest BCUT2D eigenvalue weighted by Crippen LogP contribution is -2.06. The molecule has 3 nitrogen and oxygen atoms in total. The molecule has 0 saturated carbocycles. The highest BCUT2D eigenvalue weighted by atomic mass is 19.4. The van der Waals surface area contributed by atoms with Crippen molar-refractivity contribution in [3.8, 4) is 0 Å². The molecule has 1 heterocycles. The number of nitrogens with one attached hydrogen (secondary N) is 1. The summed E-state index contributed by atoms with van der Waals surface area (Å²) in [6.07, 6.45) is -2.78. The molecule has 0 atom stereocenters. The predicted molar refractivity (Wildman–Crippen MR) is 67.4 cm³/mol.